The molecule has 0 saturated carbocycles. The Kier molecular flexibility index (Phi) is 6.61. The molecule has 4 aromatic heterocycles. The van der Waals surface area contributed by atoms with Gasteiger partial charge in [0.05, 0.1) is 17.1 Å². The van der Waals surface area contributed by atoms with Gasteiger partial charge in [-0.2, -0.15) is 5.10 Å². The first-order chi connectivity index (χ1) is 15.6. The van der Waals surface area contributed by atoms with Crippen LogP contribution in [0, 0.1) is 0 Å². The van der Waals surface area contributed by atoms with Crippen molar-refractivity contribution in [2.45, 2.75) is 13.0 Å². The molecule has 0 bridgehead atoms. The SMILES string of the molecule is CC(C(=O)NCCOc1ccc(-c2cccs2)nn1)n1nc(-c2ccncc2)ccc1=O. The average molecular weight is 449 g/mol. The highest BCUT2D eigenvalue weighted by Crippen LogP contribution is 2.22. The minimum absolute atomic E-state index is 0.213. The van der Waals surface area contributed by atoms with Gasteiger partial charge in [0.15, 0.2) is 0 Å². The molecule has 4 rings (SSSR count). The number of rotatable bonds is 8. The predicted octanol–water partition coefficient (Wildman–Crippen LogP) is 2.58. The summed E-state index contributed by atoms with van der Waals surface area (Å²) in [5, 5.41) is 17.3. The van der Waals surface area contributed by atoms with Crippen LogP contribution in [0.2, 0.25) is 0 Å². The molecule has 0 aliphatic carbocycles. The lowest BCUT2D eigenvalue weighted by atomic mass is 10.2. The highest BCUT2D eigenvalue weighted by molar-refractivity contribution is 7.13. The Morgan fingerprint density at radius 2 is 1.91 bits per heavy atom. The van der Waals surface area contributed by atoms with Crippen LogP contribution >= 0.6 is 11.3 Å². The zero-order valence-electron chi connectivity index (χ0n) is 17.2. The lowest BCUT2D eigenvalue weighted by molar-refractivity contribution is -0.124. The summed E-state index contributed by atoms with van der Waals surface area (Å²) in [5.41, 5.74) is 1.81. The number of pyridine rings is 1. The molecular weight excluding hydrogens is 428 g/mol. The van der Waals surface area contributed by atoms with Gasteiger partial charge in [-0.25, -0.2) is 4.68 Å². The number of hydrogen-bond acceptors (Lipinski definition) is 8. The van der Waals surface area contributed by atoms with Crippen molar-refractivity contribution in [3.8, 4) is 27.7 Å². The second-order valence-electron chi connectivity index (χ2n) is 6.79. The van der Waals surface area contributed by atoms with E-state index in [1.807, 2.05) is 23.6 Å². The second-order valence-corrected chi connectivity index (χ2v) is 7.73. The Hall–Kier alpha value is -3.92. The van der Waals surface area contributed by atoms with Crippen molar-refractivity contribution in [3.63, 3.8) is 0 Å². The van der Waals surface area contributed by atoms with E-state index >= 15 is 0 Å². The lowest BCUT2D eigenvalue weighted by Crippen LogP contribution is -2.38. The van der Waals surface area contributed by atoms with Crippen molar-refractivity contribution < 1.29 is 9.53 Å². The third kappa shape index (κ3) is 5.03. The van der Waals surface area contributed by atoms with Gasteiger partial charge in [0.2, 0.25) is 11.8 Å². The minimum atomic E-state index is -0.783. The number of nitrogens with zero attached hydrogens (tertiary/aromatic N) is 5. The molecular formula is C22H20N6O3S. The van der Waals surface area contributed by atoms with E-state index in [1.165, 1.54) is 10.7 Å². The third-order valence-electron chi connectivity index (χ3n) is 4.61. The fraction of sp³-hybridized carbons (Fsp3) is 0.182. The van der Waals surface area contributed by atoms with Gasteiger partial charge in [0, 0.05) is 30.1 Å². The molecule has 4 heterocycles. The zero-order chi connectivity index (χ0) is 22.3. The summed E-state index contributed by atoms with van der Waals surface area (Å²) in [6.45, 7) is 2.08. The smallest absolute Gasteiger partial charge is 0.267 e. The van der Waals surface area contributed by atoms with Gasteiger partial charge in [0.1, 0.15) is 18.3 Å². The summed E-state index contributed by atoms with van der Waals surface area (Å²) in [6, 6.07) is 13.3. The van der Waals surface area contributed by atoms with Crippen LogP contribution in [0.3, 0.4) is 0 Å². The summed E-state index contributed by atoms with van der Waals surface area (Å²) in [5.74, 6) is 0.0322. The number of aromatic nitrogens is 5. The van der Waals surface area contributed by atoms with E-state index in [9.17, 15) is 9.59 Å². The quantitative estimate of drug-likeness (QED) is 0.412. The van der Waals surface area contributed by atoms with Crippen LogP contribution in [0.1, 0.15) is 13.0 Å². The maximum atomic E-state index is 12.5. The standard InChI is InChI=1S/C22H20N6O3S/c1-15(28-21(29)7-5-17(27-28)16-8-10-23-11-9-16)22(30)24-12-13-31-20-6-4-18(25-26-20)19-3-2-14-32-19/h2-11,14-15H,12-13H2,1H3,(H,24,30). The third-order valence-corrected chi connectivity index (χ3v) is 5.50. The fourth-order valence-corrected chi connectivity index (χ4v) is 3.61. The van der Waals surface area contributed by atoms with Crippen LogP contribution in [-0.4, -0.2) is 44.0 Å². The number of hydrogen-bond donors (Lipinski definition) is 1. The number of thiophene rings is 1. The number of amides is 1. The van der Waals surface area contributed by atoms with Crippen molar-refractivity contribution in [1.82, 2.24) is 30.3 Å². The Morgan fingerprint density at radius 3 is 2.62 bits per heavy atom. The summed E-state index contributed by atoms with van der Waals surface area (Å²) in [7, 11) is 0. The molecule has 1 unspecified atom stereocenters. The molecule has 1 amide bonds. The molecule has 10 heteroatoms. The van der Waals surface area contributed by atoms with Crippen molar-refractivity contribution in [1.29, 1.82) is 0 Å². The average Bonchev–Trinajstić information content (AvgIpc) is 3.37. The molecule has 162 valence electrons. The topological polar surface area (TPSA) is 112 Å². The van der Waals surface area contributed by atoms with Gasteiger partial charge in [-0.05, 0) is 42.6 Å². The van der Waals surface area contributed by atoms with Gasteiger partial charge in [0.25, 0.3) is 5.56 Å². The van der Waals surface area contributed by atoms with E-state index < -0.39 is 6.04 Å². The molecule has 1 N–H and O–H groups in total. The van der Waals surface area contributed by atoms with E-state index in [4.69, 9.17) is 4.74 Å². The fourth-order valence-electron chi connectivity index (χ4n) is 2.92. The number of carbonyl (C=O) groups excluding carboxylic acids is 1. The maximum Gasteiger partial charge on any atom is 0.267 e. The molecule has 0 spiro atoms. The molecule has 1 atom stereocenters. The first-order valence-corrected chi connectivity index (χ1v) is 10.8. The van der Waals surface area contributed by atoms with Crippen LogP contribution in [-0.2, 0) is 4.79 Å². The molecule has 32 heavy (non-hydrogen) atoms. The highest BCUT2D eigenvalue weighted by atomic mass is 32.1. The number of nitrogens with one attached hydrogen (secondary N) is 1. The minimum Gasteiger partial charge on any atom is -0.475 e. The first kappa shape index (κ1) is 21.3. The monoisotopic (exact) mass is 448 g/mol. The van der Waals surface area contributed by atoms with Gasteiger partial charge in [-0.1, -0.05) is 6.07 Å². The van der Waals surface area contributed by atoms with Crippen molar-refractivity contribution in [3.05, 3.63) is 76.7 Å². The van der Waals surface area contributed by atoms with Crippen molar-refractivity contribution >= 4 is 17.2 Å². The molecule has 0 saturated heterocycles. The molecule has 0 radical (unpaired) electrons. The zero-order valence-corrected chi connectivity index (χ0v) is 18.0. The molecule has 0 fully saturated rings. The highest BCUT2D eigenvalue weighted by Gasteiger charge is 2.17. The van der Waals surface area contributed by atoms with Crippen molar-refractivity contribution in [2.24, 2.45) is 0 Å². The molecule has 4 aromatic rings. The maximum absolute atomic E-state index is 12.5. The van der Waals surface area contributed by atoms with Crippen LogP contribution in [0.25, 0.3) is 21.8 Å². The van der Waals surface area contributed by atoms with Crippen LogP contribution < -0.4 is 15.6 Å². The lowest BCUT2D eigenvalue weighted by Gasteiger charge is -2.15. The van der Waals surface area contributed by atoms with Gasteiger partial charge < -0.3 is 10.1 Å². The second kappa shape index (κ2) is 9.92. The van der Waals surface area contributed by atoms with Crippen LogP contribution in [0.4, 0.5) is 0 Å². The van der Waals surface area contributed by atoms with Crippen LogP contribution in [0.15, 0.2) is 71.1 Å². The molecule has 0 aromatic carbocycles. The molecule has 9 nitrogen and oxygen atoms in total. The number of ether oxygens (including phenoxy) is 1. The normalized spacial score (nSPS) is 11.7. The van der Waals surface area contributed by atoms with E-state index in [0.717, 1.165) is 16.1 Å². The van der Waals surface area contributed by atoms with E-state index in [0.29, 0.717) is 11.6 Å². The van der Waals surface area contributed by atoms with Crippen molar-refractivity contribution in [2.75, 3.05) is 13.2 Å². The van der Waals surface area contributed by atoms with E-state index in [2.05, 4.69) is 25.6 Å². The summed E-state index contributed by atoms with van der Waals surface area (Å²) in [4.78, 5) is 29.8. The predicted molar refractivity (Wildman–Crippen MR) is 120 cm³/mol. The Balaban J connectivity index is 1.31. The van der Waals surface area contributed by atoms with E-state index in [-0.39, 0.29) is 24.6 Å². The molecule has 0 aliphatic heterocycles. The largest absolute Gasteiger partial charge is 0.475 e. The van der Waals surface area contributed by atoms with Gasteiger partial charge in [-0.15, -0.1) is 21.5 Å². The Bertz CT molecular complexity index is 1230. The van der Waals surface area contributed by atoms with E-state index in [1.54, 1.807) is 54.9 Å². The Labute approximate surface area is 187 Å². The summed E-state index contributed by atoms with van der Waals surface area (Å²) < 4.78 is 6.71. The summed E-state index contributed by atoms with van der Waals surface area (Å²) in [6.07, 6.45) is 3.28. The number of carbonyl (C=O) groups is 1. The van der Waals surface area contributed by atoms with Crippen LogP contribution in [0.5, 0.6) is 5.88 Å². The summed E-state index contributed by atoms with van der Waals surface area (Å²) >= 11 is 1.58. The van der Waals surface area contributed by atoms with Gasteiger partial charge >= 0.3 is 0 Å². The molecule has 0 aliphatic rings. The van der Waals surface area contributed by atoms with Gasteiger partial charge in [-0.3, -0.25) is 14.6 Å². The Morgan fingerprint density at radius 1 is 1.09 bits per heavy atom. The first-order valence-electron chi connectivity index (χ1n) is 9.90.